The summed E-state index contributed by atoms with van der Waals surface area (Å²) in [5.74, 6) is -2.89. The summed E-state index contributed by atoms with van der Waals surface area (Å²) >= 11 is 3.92. The molecule has 0 bridgehead atoms. The number of halogens is 4. The highest BCUT2D eigenvalue weighted by Gasteiger charge is 2.46. The first-order chi connectivity index (χ1) is 14.2. The zero-order chi connectivity index (χ0) is 23.6. The molecule has 0 aromatic heterocycles. The second-order valence-electron chi connectivity index (χ2n) is 5.64. The van der Waals surface area contributed by atoms with Crippen LogP contribution in [0.15, 0.2) is 36.4 Å². The topological polar surface area (TPSA) is 150 Å². The zero-order valence-electron chi connectivity index (χ0n) is 14.8. The van der Waals surface area contributed by atoms with Gasteiger partial charge in [-0.1, -0.05) is 0 Å². The van der Waals surface area contributed by atoms with Gasteiger partial charge in [0, 0.05) is 19.3 Å². The molecule has 2 aromatic carbocycles. The van der Waals surface area contributed by atoms with Gasteiger partial charge in [0.1, 0.15) is 11.3 Å². The number of nitro benzene ring substituents is 1. The van der Waals surface area contributed by atoms with Crippen LogP contribution in [0, 0.1) is 17.3 Å². The molecule has 10 nitrogen and oxygen atoms in total. The van der Waals surface area contributed by atoms with Crippen molar-refractivity contribution < 1.29 is 45.7 Å². The van der Waals surface area contributed by atoms with Crippen LogP contribution in [0.3, 0.4) is 0 Å². The molecule has 15 heteroatoms. The molecule has 0 radical (unpaired) electrons. The normalized spacial score (nSPS) is 11.6. The quantitative estimate of drug-likeness (QED) is 0.115. The molecule has 166 valence electrons. The van der Waals surface area contributed by atoms with E-state index < -0.39 is 50.1 Å². The molecule has 0 fully saturated rings. The first-order valence-electron chi connectivity index (χ1n) is 7.70. The maximum absolute atomic E-state index is 13.3. The molecule has 0 unspecified atom stereocenters. The summed E-state index contributed by atoms with van der Waals surface area (Å²) in [5.41, 5.74) is -1.58. The average Bonchev–Trinajstić information content (AvgIpc) is 2.64. The van der Waals surface area contributed by atoms with Gasteiger partial charge in [0.05, 0.1) is 10.5 Å². The molecule has 0 aliphatic rings. The molecule has 0 amide bonds. The summed E-state index contributed by atoms with van der Waals surface area (Å²) in [6.07, 6.45) is 0. The molecule has 0 saturated carbocycles. The average molecular weight is 683 g/mol. The molecule has 0 atom stereocenters. The smallest absolute Gasteiger partial charge is 0.402 e. The van der Waals surface area contributed by atoms with Gasteiger partial charge in [-0.05, 0) is 69.4 Å². The van der Waals surface area contributed by atoms with Crippen molar-refractivity contribution in [1.29, 1.82) is 0 Å². The maximum Gasteiger partial charge on any atom is 0.402 e. The third-order valence-corrected chi connectivity index (χ3v) is 5.93. The van der Waals surface area contributed by atoms with Crippen LogP contribution in [0.1, 0.15) is 20.7 Å². The molecule has 0 saturated heterocycles. The van der Waals surface area contributed by atoms with E-state index in [0.717, 1.165) is 15.7 Å². The molecule has 2 rings (SSSR count). The number of hydrogen-bond donors (Lipinski definition) is 1. The Labute approximate surface area is 200 Å². The Balaban J connectivity index is 2.31. The van der Waals surface area contributed by atoms with Gasteiger partial charge in [0.2, 0.25) is 0 Å². The van der Waals surface area contributed by atoms with E-state index in [1.165, 1.54) is 6.07 Å². The third kappa shape index (κ3) is 6.26. The van der Waals surface area contributed by atoms with Crippen LogP contribution in [-0.4, -0.2) is 41.7 Å². The van der Waals surface area contributed by atoms with Gasteiger partial charge in [-0.25, -0.2) is 9.59 Å². The van der Waals surface area contributed by atoms with E-state index in [1.54, 1.807) is 12.1 Å². The Morgan fingerprint density at radius 2 is 1.74 bits per heavy atom. The van der Waals surface area contributed by atoms with Crippen molar-refractivity contribution >= 4 is 72.9 Å². The van der Waals surface area contributed by atoms with Crippen molar-refractivity contribution in [2.75, 3.05) is 6.61 Å². The van der Waals surface area contributed by atoms with Crippen LogP contribution in [-0.2, 0) is 14.9 Å². The largest absolute Gasteiger partial charge is 0.454 e. The summed E-state index contributed by atoms with van der Waals surface area (Å²) < 4.78 is 66.7. The number of alkyl halides is 2. The number of rotatable bonds is 7. The van der Waals surface area contributed by atoms with Gasteiger partial charge >= 0.3 is 27.3 Å². The van der Waals surface area contributed by atoms with E-state index in [-0.39, 0.29) is 11.3 Å². The number of carbonyl (C=O) groups is 2. The third-order valence-electron chi connectivity index (χ3n) is 3.49. The Hall–Kier alpha value is -1.99. The number of esters is 2. The molecule has 0 heterocycles. The zero-order valence-corrected chi connectivity index (χ0v) is 19.9. The second kappa shape index (κ2) is 9.65. The van der Waals surface area contributed by atoms with E-state index in [1.807, 2.05) is 45.2 Å². The predicted molar refractivity (Wildman–Crippen MR) is 117 cm³/mol. The maximum atomic E-state index is 13.3. The number of benzene rings is 2. The summed E-state index contributed by atoms with van der Waals surface area (Å²) in [6, 6.07) is 7.28. The molecule has 0 aliphatic carbocycles. The standard InChI is InChI=1S/C16H9F2I2NO9S/c17-16(18,31(26,27)28)7-29-14(22)11-6-9(2-4-13(11)21(24)25)30-15(23)10-3-1-8(19)5-12(10)20/h1-6H,7H2,(H,26,27,28). The van der Waals surface area contributed by atoms with Crippen molar-refractivity contribution in [3.8, 4) is 5.75 Å². The van der Waals surface area contributed by atoms with Crippen LogP contribution < -0.4 is 4.74 Å². The Bertz CT molecular complexity index is 1170. The van der Waals surface area contributed by atoms with Gasteiger partial charge in [-0.3, -0.25) is 14.7 Å². The fraction of sp³-hybridized carbons (Fsp3) is 0.125. The highest BCUT2D eigenvalue weighted by molar-refractivity contribution is 14.1. The lowest BCUT2D eigenvalue weighted by molar-refractivity contribution is -0.385. The number of nitrogens with zero attached hydrogens (tertiary/aromatic N) is 1. The Morgan fingerprint density at radius 3 is 2.29 bits per heavy atom. The number of ether oxygens (including phenoxy) is 2. The lowest BCUT2D eigenvalue weighted by Gasteiger charge is -2.13. The molecular weight excluding hydrogens is 674 g/mol. The van der Waals surface area contributed by atoms with Gasteiger partial charge in [-0.15, -0.1) is 0 Å². The molecule has 2 aromatic rings. The molecule has 0 aliphatic heterocycles. The van der Waals surface area contributed by atoms with E-state index >= 15 is 0 Å². The molecule has 31 heavy (non-hydrogen) atoms. The minimum Gasteiger partial charge on any atom is -0.454 e. The predicted octanol–water partition coefficient (Wildman–Crippen LogP) is 3.66. The summed E-state index contributed by atoms with van der Waals surface area (Å²) in [7, 11) is -5.88. The number of carbonyl (C=O) groups excluding carboxylic acids is 2. The highest BCUT2D eigenvalue weighted by Crippen LogP contribution is 2.28. The van der Waals surface area contributed by atoms with E-state index in [0.29, 0.717) is 9.64 Å². The fourth-order valence-corrected chi connectivity index (χ4v) is 4.05. The van der Waals surface area contributed by atoms with E-state index in [9.17, 15) is 36.9 Å². The van der Waals surface area contributed by atoms with E-state index in [4.69, 9.17) is 9.29 Å². The van der Waals surface area contributed by atoms with Crippen LogP contribution in [0.25, 0.3) is 0 Å². The Kier molecular flexibility index (Phi) is 7.87. The molecule has 0 spiro atoms. The fourth-order valence-electron chi connectivity index (χ4n) is 2.02. The summed E-state index contributed by atoms with van der Waals surface area (Å²) in [6.45, 7) is -2.09. The number of nitro groups is 1. The van der Waals surface area contributed by atoms with Crippen LogP contribution in [0.5, 0.6) is 5.75 Å². The summed E-state index contributed by atoms with van der Waals surface area (Å²) in [4.78, 5) is 34.5. The van der Waals surface area contributed by atoms with Crippen molar-refractivity contribution in [2.24, 2.45) is 0 Å². The van der Waals surface area contributed by atoms with Gasteiger partial charge in [0.25, 0.3) is 5.69 Å². The van der Waals surface area contributed by atoms with Crippen LogP contribution in [0.4, 0.5) is 14.5 Å². The van der Waals surface area contributed by atoms with Gasteiger partial charge < -0.3 is 9.47 Å². The monoisotopic (exact) mass is 683 g/mol. The minimum absolute atomic E-state index is 0.163. The summed E-state index contributed by atoms with van der Waals surface area (Å²) in [5, 5.41) is 6.29. The van der Waals surface area contributed by atoms with Crippen LogP contribution >= 0.6 is 45.2 Å². The SMILES string of the molecule is O=C(Oc1ccc([N+](=O)[O-])c(C(=O)OCC(F)(F)S(=O)(=O)O)c1)c1ccc(I)cc1I. The van der Waals surface area contributed by atoms with Gasteiger partial charge in [-0.2, -0.15) is 17.2 Å². The molecule has 1 N–H and O–H groups in total. The highest BCUT2D eigenvalue weighted by atomic mass is 127. The van der Waals surface area contributed by atoms with E-state index in [2.05, 4.69) is 4.74 Å². The lowest BCUT2D eigenvalue weighted by atomic mass is 10.1. The first kappa shape index (κ1) is 25.3. The van der Waals surface area contributed by atoms with Crippen molar-refractivity contribution in [1.82, 2.24) is 0 Å². The molecular formula is C16H9F2I2NO9S. The van der Waals surface area contributed by atoms with Crippen molar-refractivity contribution in [2.45, 2.75) is 5.25 Å². The minimum atomic E-state index is -5.88. The van der Waals surface area contributed by atoms with Crippen LogP contribution in [0.2, 0.25) is 0 Å². The Morgan fingerprint density at radius 1 is 1.10 bits per heavy atom. The lowest BCUT2D eigenvalue weighted by Crippen LogP contribution is -2.34. The first-order valence-corrected chi connectivity index (χ1v) is 11.3. The van der Waals surface area contributed by atoms with Gasteiger partial charge in [0.15, 0.2) is 6.61 Å². The second-order valence-corrected chi connectivity index (χ2v) is 9.59. The van der Waals surface area contributed by atoms with Crippen molar-refractivity contribution in [3.05, 3.63) is 64.8 Å². The van der Waals surface area contributed by atoms with Crippen molar-refractivity contribution in [3.63, 3.8) is 0 Å². The number of hydrogen-bond acceptors (Lipinski definition) is 8.